The summed E-state index contributed by atoms with van der Waals surface area (Å²) in [6, 6.07) is 0. The van der Waals surface area contributed by atoms with Crippen LogP contribution in [-0.2, 0) is 4.79 Å². The lowest BCUT2D eigenvalue weighted by Gasteiger charge is -2.23. The molecule has 7 heteroatoms. The Kier molecular flexibility index (Phi) is 4.30. The third kappa shape index (κ3) is 3.48. The van der Waals surface area contributed by atoms with Gasteiger partial charge in [0.2, 0.25) is 5.91 Å². The second-order valence-corrected chi connectivity index (χ2v) is 4.78. The summed E-state index contributed by atoms with van der Waals surface area (Å²) in [4.78, 5) is 12.7. The van der Waals surface area contributed by atoms with E-state index in [0.717, 1.165) is 25.9 Å². The predicted octanol–water partition coefficient (Wildman–Crippen LogP) is 1.57. The minimum atomic E-state index is -4.39. The minimum absolute atomic E-state index is 0. The van der Waals surface area contributed by atoms with Crippen LogP contribution >= 0.6 is 12.4 Å². The number of hydrogen-bond donors (Lipinski definition) is 1. The SMILES string of the molecule is Cl.O=C(CC(F)(F)F)N1CCC2(CCNC2)C1. The van der Waals surface area contributed by atoms with Crippen LogP contribution in [0.4, 0.5) is 13.2 Å². The van der Waals surface area contributed by atoms with Crippen LogP contribution < -0.4 is 5.32 Å². The van der Waals surface area contributed by atoms with Gasteiger partial charge in [-0.05, 0) is 19.4 Å². The summed E-state index contributed by atoms with van der Waals surface area (Å²) in [7, 11) is 0. The zero-order chi connectivity index (χ0) is 11.8. The van der Waals surface area contributed by atoms with E-state index in [-0.39, 0.29) is 17.8 Å². The Morgan fingerprint density at radius 1 is 1.35 bits per heavy atom. The third-order valence-electron chi connectivity index (χ3n) is 3.47. The van der Waals surface area contributed by atoms with E-state index in [4.69, 9.17) is 0 Å². The van der Waals surface area contributed by atoms with Crippen molar-refractivity contribution < 1.29 is 18.0 Å². The van der Waals surface area contributed by atoms with Gasteiger partial charge in [-0.3, -0.25) is 4.79 Å². The highest BCUT2D eigenvalue weighted by Crippen LogP contribution is 2.36. The largest absolute Gasteiger partial charge is 0.397 e. The Morgan fingerprint density at radius 3 is 2.59 bits per heavy atom. The topological polar surface area (TPSA) is 32.3 Å². The highest BCUT2D eigenvalue weighted by molar-refractivity contribution is 5.85. The van der Waals surface area contributed by atoms with E-state index >= 15 is 0 Å². The summed E-state index contributed by atoms with van der Waals surface area (Å²) in [6.45, 7) is 2.68. The van der Waals surface area contributed by atoms with Gasteiger partial charge in [0.15, 0.2) is 0 Å². The molecule has 0 saturated carbocycles. The Labute approximate surface area is 104 Å². The number of amides is 1. The Balaban J connectivity index is 0.00000144. The van der Waals surface area contributed by atoms with E-state index in [1.807, 2.05) is 0 Å². The molecule has 0 aromatic rings. The van der Waals surface area contributed by atoms with E-state index in [9.17, 15) is 18.0 Å². The maximum Gasteiger partial charge on any atom is 0.397 e. The standard InChI is InChI=1S/C10H15F3N2O.ClH/c11-10(12,13)5-8(16)15-4-2-9(7-15)1-3-14-6-9;/h14H,1-7H2;1H. The number of halogens is 4. The van der Waals surface area contributed by atoms with Crippen molar-refractivity contribution in [3.05, 3.63) is 0 Å². The van der Waals surface area contributed by atoms with Crippen molar-refractivity contribution in [3.8, 4) is 0 Å². The lowest BCUT2D eigenvalue weighted by molar-refractivity contribution is -0.160. The molecule has 1 spiro atoms. The molecule has 0 aliphatic carbocycles. The van der Waals surface area contributed by atoms with Gasteiger partial charge in [0, 0.05) is 25.0 Å². The molecule has 3 nitrogen and oxygen atoms in total. The predicted molar refractivity (Wildman–Crippen MR) is 59.0 cm³/mol. The van der Waals surface area contributed by atoms with E-state index in [1.54, 1.807) is 0 Å². The number of alkyl halides is 3. The van der Waals surface area contributed by atoms with Crippen LogP contribution in [0.5, 0.6) is 0 Å². The fourth-order valence-electron chi connectivity index (χ4n) is 2.58. The molecular formula is C10H16ClF3N2O. The number of hydrogen-bond acceptors (Lipinski definition) is 2. The zero-order valence-electron chi connectivity index (χ0n) is 9.35. The molecule has 1 N–H and O–H groups in total. The Hall–Kier alpha value is -0.490. The summed E-state index contributed by atoms with van der Waals surface area (Å²) in [5, 5.41) is 3.20. The molecule has 0 bridgehead atoms. The van der Waals surface area contributed by atoms with Crippen molar-refractivity contribution in [2.24, 2.45) is 5.41 Å². The van der Waals surface area contributed by atoms with Gasteiger partial charge in [-0.15, -0.1) is 12.4 Å². The Bertz CT molecular complexity index is 290. The number of likely N-dealkylation sites (tertiary alicyclic amines) is 1. The second kappa shape index (κ2) is 5.02. The molecule has 1 amide bonds. The van der Waals surface area contributed by atoms with Crippen molar-refractivity contribution in [3.63, 3.8) is 0 Å². The van der Waals surface area contributed by atoms with Crippen LogP contribution in [0.15, 0.2) is 0 Å². The first-order valence-corrected chi connectivity index (χ1v) is 5.46. The maximum absolute atomic E-state index is 12.1. The quantitative estimate of drug-likeness (QED) is 0.786. The monoisotopic (exact) mass is 272 g/mol. The first-order chi connectivity index (χ1) is 7.40. The van der Waals surface area contributed by atoms with Crippen molar-refractivity contribution in [2.75, 3.05) is 26.2 Å². The summed E-state index contributed by atoms with van der Waals surface area (Å²) in [5.74, 6) is -0.781. The van der Waals surface area contributed by atoms with E-state index < -0.39 is 18.5 Å². The van der Waals surface area contributed by atoms with Gasteiger partial charge in [-0.1, -0.05) is 0 Å². The molecule has 2 saturated heterocycles. The molecule has 2 aliphatic rings. The molecule has 0 aromatic heterocycles. The first-order valence-electron chi connectivity index (χ1n) is 5.46. The number of nitrogens with one attached hydrogen (secondary N) is 1. The van der Waals surface area contributed by atoms with Gasteiger partial charge in [-0.2, -0.15) is 13.2 Å². The van der Waals surface area contributed by atoms with Crippen molar-refractivity contribution >= 4 is 18.3 Å². The number of carbonyl (C=O) groups excluding carboxylic acids is 1. The summed E-state index contributed by atoms with van der Waals surface area (Å²) >= 11 is 0. The lowest BCUT2D eigenvalue weighted by atomic mass is 9.87. The molecular weight excluding hydrogens is 257 g/mol. The van der Waals surface area contributed by atoms with Gasteiger partial charge >= 0.3 is 6.18 Å². The van der Waals surface area contributed by atoms with Crippen molar-refractivity contribution in [1.82, 2.24) is 10.2 Å². The smallest absolute Gasteiger partial charge is 0.342 e. The molecule has 0 radical (unpaired) electrons. The van der Waals surface area contributed by atoms with Crippen molar-refractivity contribution in [1.29, 1.82) is 0 Å². The van der Waals surface area contributed by atoms with Crippen LogP contribution in [0.1, 0.15) is 19.3 Å². The van der Waals surface area contributed by atoms with Gasteiger partial charge in [0.25, 0.3) is 0 Å². The summed E-state index contributed by atoms with van der Waals surface area (Å²) in [5.41, 5.74) is 0.0429. The summed E-state index contributed by atoms with van der Waals surface area (Å²) in [6.07, 6.45) is -3.93. The number of nitrogens with zero attached hydrogens (tertiary/aromatic N) is 1. The van der Waals surface area contributed by atoms with Gasteiger partial charge in [0.05, 0.1) is 0 Å². The number of rotatable bonds is 1. The second-order valence-electron chi connectivity index (χ2n) is 4.78. The third-order valence-corrected chi connectivity index (χ3v) is 3.47. The molecule has 100 valence electrons. The van der Waals surface area contributed by atoms with Gasteiger partial charge < -0.3 is 10.2 Å². The molecule has 2 fully saturated rings. The average molecular weight is 273 g/mol. The maximum atomic E-state index is 12.1. The molecule has 1 atom stereocenters. The number of carbonyl (C=O) groups is 1. The van der Waals surface area contributed by atoms with E-state index in [2.05, 4.69) is 5.32 Å². The molecule has 2 heterocycles. The van der Waals surface area contributed by atoms with Crippen LogP contribution in [0, 0.1) is 5.41 Å². The lowest BCUT2D eigenvalue weighted by Crippen LogP contribution is -2.35. The first kappa shape index (κ1) is 14.6. The summed E-state index contributed by atoms with van der Waals surface area (Å²) < 4.78 is 36.2. The fraction of sp³-hybridized carbons (Fsp3) is 0.900. The molecule has 0 aromatic carbocycles. The highest BCUT2D eigenvalue weighted by atomic mass is 35.5. The van der Waals surface area contributed by atoms with Crippen LogP contribution in [0.25, 0.3) is 0 Å². The van der Waals surface area contributed by atoms with Gasteiger partial charge in [-0.25, -0.2) is 0 Å². The minimum Gasteiger partial charge on any atom is -0.342 e. The van der Waals surface area contributed by atoms with Gasteiger partial charge in [0.1, 0.15) is 6.42 Å². The zero-order valence-corrected chi connectivity index (χ0v) is 10.2. The van der Waals surface area contributed by atoms with Crippen molar-refractivity contribution in [2.45, 2.75) is 25.4 Å². The molecule has 2 aliphatic heterocycles. The van der Waals surface area contributed by atoms with E-state index in [0.29, 0.717) is 13.1 Å². The normalized spacial score (nSPS) is 28.5. The van der Waals surface area contributed by atoms with Crippen LogP contribution in [0.2, 0.25) is 0 Å². The molecule has 17 heavy (non-hydrogen) atoms. The molecule has 1 unspecified atom stereocenters. The average Bonchev–Trinajstić information content (AvgIpc) is 2.74. The molecule has 2 rings (SSSR count). The fourth-order valence-corrected chi connectivity index (χ4v) is 2.58. The van der Waals surface area contributed by atoms with Crippen LogP contribution in [-0.4, -0.2) is 43.2 Å². The Morgan fingerprint density at radius 2 is 2.06 bits per heavy atom. The van der Waals surface area contributed by atoms with Crippen LogP contribution in [0.3, 0.4) is 0 Å². The van der Waals surface area contributed by atoms with E-state index in [1.165, 1.54) is 4.90 Å². The highest BCUT2D eigenvalue weighted by Gasteiger charge is 2.43.